The van der Waals surface area contributed by atoms with Crippen molar-refractivity contribution < 1.29 is 4.79 Å². The van der Waals surface area contributed by atoms with Crippen LogP contribution in [0.2, 0.25) is 10.0 Å². The minimum Gasteiger partial charge on any atom is -0.323 e. The molecule has 0 unspecified atom stereocenters. The Hall–Kier alpha value is -0.770. The van der Waals surface area contributed by atoms with Crippen molar-refractivity contribution >= 4 is 34.8 Å². The zero-order valence-electron chi connectivity index (χ0n) is 8.47. The maximum Gasteiger partial charge on any atom is 0.241 e. The van der Waals surface area contributed by atoms with E-state index in [1.165, 1.54) is 0 Å². The summed E-state index contributed by atoms with van der Waals surface area (Å²) in [7, 11) is 0. The normalized spacial score (nSPS) is 12.3. The topological polar surface area (TPSA) is 55.1 Å². The van der Waals surface area contributed by atoms with Crippen molar-refractivity contribution in [3.05, 3.63) is 27.7 Å². The second kappa shape index (κ2) is 4.84. The molecular weight excluding hydrogens is 235 g/mol. The van der Waals surface area contributed by atoms with E-state index in [-0.39, 0.29) is 5.91 Å². The molecule has 0 saturated heterocycles. The molecule has 3 N–H and O–H groups in total. The van der Waals surface area contributed by atoms with Gasteiger partial charge in [-0.15, -0.1) is 0 Å². The Morgan fingerprint density at radius 2 is 2.00 bits per heavy atom. The molecule has 1 amide bonds. The lowest BCUT2D eigenvalue weighted by Crippen LogP contribution is -2.32. The van der Waals surface area contributed by atoms with Gasteiger partial charge in [-0.05, 0) is 31.5 Å². The molecule has 1 atom stereocenters. The molecule has 3 nitrogen and oxygen atoms in total. The first-order chi connectivity index (χ1) is 6.91. The summed E-state index contributed by atoms with van der Waals surface area (Å²) in [5.74, 6) is -0.295. The number of benzene rings is 1. The maximum atomic E-state index is 11.3. The van der Waals surface area contributed by atoms with Crippen LogP contribution in [-0.4, -0.2) is 11.9 Å². The largest absolute Gasteiger partial charge is 0.323 e. The Kier molecular flexibility index (Phi) is 3.97. The molecule has 5 heteroatoms. The number of rotatable bonds is 2. The summed E-state index contributed by atoms with van der Waals surface area (Å²) in [6.07, 6.45) is 0. The van der Waals surface area contributed by atoms with Crippen LogP contribution in [0.5, 0.6) is 0 Å². The van der Waals surface area contributed by atoms with Gasteiger partial charge in [0.15, 0.2) is 0 Å². The predicted molar refractivity (Wildman–Crippen MR) is 63.5 cm³/mol. The molecule has 0 spiro atoms. The van der Waals surface area contributed by atoms with Gasteiger partial charge >= 0.3 is 0 Å². The average molecular weight is 247 g/mol. The average Bonchev–Trinajstić information content (AvgIpc) is 2.13. The van der Waals surface area contributed by atoms with Crippen molar-refractivity contribution in [1.29, 1.82) is 0 Å². The quantitative estimate of drug-likeness (QED) is 0.843. The van der Waals surface area contributed by atoms with Gasteiger partial charge in [-0.2, -0.15) is 0 Å². The number of nitrogens with one attached hydrogen (secondary N) is 1. The van der Waals surface area contributed by atoms with Gasteiger partial charge in [0.25, 0.3) is 0 Å². The fourth-order valence-electron chi connectivity index (χ4n) is 0.989. The van der Waals surface area contributed by atoms with E-state index in [0.717, 1.165) is 5.56 Å². The molecule has 0 radical (unpaired) electrons. The number of nitrogens with two attached hydrogens (primary N) is 1. The van der Waals surface area contributed by atoms with Gasteiger partial charge < -0.3 is 11.1 Å². The van der Waals surface area contributed by atoms with Crippen LogP contribution < -0.4 is 11.1 Å². The molecule has 82 valence electrons. The fraction of sp³-hybridized carbons (Fsp3) is 0.300. The van der Waals surface area contributed by atoms with Crippen LogP contribution in [-0.2, 0) is 4.79 Å². The molecular formula is C10H12Cl2N2O. The number of anilines is 1. The number of hydrogen-bond donors (Lipinski definition) is 2. The summed E-state index contributed by atoms with van der Waals surface area (Å²) in [4.78, 5) is 11.3. The first-order valence-electron chi connectivity index (χ1n) is 4.44. The summed E-state index contributed by atoms with van der Waals surface area (Å²) in [6, 6.07) is 2.72. The van der Waals surface area contributed by atoms with E-state index in [1.54, 1.807) is 19.1 Å². The molecule has 1 aromatic carbocycles. The summed E-state index contributed by atoms with van der Waals surface area (Å²) in [5, 5.41) is 3.60. The first-order valence-corrected chi connectivity index (χ1v) is 5.19. The highest BCUT2D eigenvalue weighted by atomic mass is 35.5. The highest BCUT2D eigenvalue weighted by molar-refractivity contribution is 6.36. The molecule has 0 aliphatic carbocycles. The van der Waals surface area contributed by atoms with E-state index >= 15 is 0 Å². The molecule has 0 aliphatic heterocycles. The van der Waals surface area contributed by atoms with Gasteiger partial charge in [0.05, 0.1) is 16.8 Å². The lowest BCUT2D eigenvalue weighted by Gasteiger charge is -2.10. The number of aryl methyl sites for hydroxylation is 1. The number of halogens is 2. The lowest BCUT2D eigenvalue weighted by molar-refractivity contribution is -0.117. The smallest absolute Gasteiger partial charge is 0.241 e. The number of amides is 1. The number of carbonyl (C=O) groups excluding carboxylic acids is 1. The van der Waals surface area contributed by atoms with Crippen LogP contribution in [0.25, 0.3) is 0 Å². The van der Waals surface area contributed by atoms with Gasteiger partial charge in [0, 0.05) is 5.02 Å². The van der Waals surface area contributed by atoms with Gasteiger partial charge in [-0.1, -0.05) is 23.2 Å². The van der Waals surface area contributed by atoms with Crippen molar-refractivity contribution in [3.8, 4) is 0 Å². The third-order valence-corrected chi connectivity index (χ3v) is 2.64. The van der Waals surface area contributed by atoms with Crippen LogP contribution in [0.15, 0.2) is 12.1 Å². The molecule has 0 heterocycles. The van der Waals surface area contributed by atoms with E-state index in [4.69, 9.17) is 28.9 Å². The second-order valence-electron chi connectivity index (χ2n) is 3.36. The van der Waals surface area contributed by atoms with E-state index in [9.17, 15) is 4.79 Å². The Balaban J connectivity index is 2.96. The standard InChI is InChI=1S/C10H12Cl2N2O/c1-5-3-8(12)9(4-7(5)11)14-10(15)6(2)13/h3-4,6H,13H2,1-2H3,(H,14,15)/t6-/m1/s1. The van der Waals surface area contributed by atoms with Crippen LogP contribution in [0.3, 0.4) is 0 Å². The SMILES string of the molecule is Cc1cc(Cl)c(NC(=O)[C@@H](C)N)cc1Cl. The summed E-state index contributed by atoms with van der Waals surface area (Å²) in [5.41, 5.74) is 6.76. The van der Waals surface area contributed by atoms with Gasteiger partial charge in [0.1, 0.15) is 0 Å². The highest BCUT2D eigenvalue weighted by Gasteiger charge is 2.11. The van der Waals surface area contributed by atoms with Gasteiger partial charge in [0.2, 0.25) is 5.91 Å². The summed E-state index contributed by atoms with van der Waals surface area (Å²) >= 11 is 11.8. The Morgan fingerprint density at radius 3 is 2.53 bits per heavy atom. The summed E-state index contributed by atoms with van der Waals surface area (Å²) in [6.45, 7) is 3.43. The Bertz CT molecular complexity index is 391. The zero-order valence-corrected chi connectivity index (χ0v) is 9.99. The molecule has 0 bridgehead atoms. The van der Waals surface area contributed by atoms with Crippen LogP contribution in [0.4, 0.5) is 5.69 Å². The van der Waals surface area contributed by atoms with Crippen molar-refractivity contribution in [3.63, 3.8) is 0 Å². The van der Waals surface area contributed by atoms with Crippen LogP contribution >= 0.6 is 23.2 Å². The fourth-order valence-corrected chi connectivity index (χ4v) is 1.42. The second-order valence-corrected chi connectivity index (χ2v) is 4.17. The summed E-state index contributed by atoms with van der Waals surface area (Å²) < 4.78 is 0. The van der Waals surface area contributed by atoms with Crippen molar-refractivity contribution in [2.24, 2.45) is 5.73 Å². The van der Waals surface area contributed by atoms with Crippen molar-refractivity contribution in [2.75, 3.05) is 5.32 Å². The van der Waals surface area contributed by atoms with Crippen molar-refractivity contribution in [1.82, 2.24) is 0 Å². The van der Waals surface area contributed by atoms with E-state index in [2.05, 4.69) is 5.32 Å². The predicted octanol–water partition coefficient (Wildman–Crippen LogP) is 2.59. The number of carbonyl (C=O) groups is 1. The van der Waals surface area contributed by atoms with Crippen LogP contribution in [0, 0.1) is 6.92 Å². The van der Waals surface area contributed by atoms with E-state index in [0.29, 0.717) is 15.7 Å². The minimum absolute atomic E-state index is 0.295. The van der Waals surface area contributed by atoms with Crippen LogP contribution in [0.1, 0.15) is 12.5 Å². The Morgan fingerprint density at radius 1 is 1.40 bits per heavy atom. The highest BCUT2D eigenvalue weighted by Crippen LogP contribution is 2.28. The third-order valence-electron chi connectivity index (χ3n) is 1.92. The molecule has 0 saturated carbocycles. The van der Waals surface area contributed by atoms with Gasteiger partial charge in [-0.25, -0.2) is 0 Å². The third kappa shape index (κ3) is 3.09. The molecule has 15 heavy (non-hydrogen) atoms. The van der Waals surface area contributed by atoms with E-state index in [1.807, 2.05) is 6.92 Å². The molecule has 1 rings (SSSR count). The lowest BCUT2D eigenvalue weighted by atomic mass is 10.2. The first kappa shape index (κ1) is 12.3. The number of hydrogen-bond acceptors (Lipinski definition) is 2. The maximum absolute atomic E-state index is 11.3. The minimum atomic E-state index is -0.582. The molecule has 0 aromatic heterocycles. The van der Waals surface area contributed by atoms with E-state index < -0.39 is 6.04 Å². The monoisotopic (exact) mass is 246 g/mol. The molecule has 1 aromatic rings. The zero-order chi connectivity index (χ0) is 11.6. The van der Waals surface area contributed by atoms with Crippen molar-refractivity contribution in [2.45, 2.75) is 19.9 Å². The van der Waals surface area contributed by atoms with Gasteiger partial charge in [-0.3, -0.25) is 4.79 Å². The molecule has 0 fully saturated rings. The molecule has 0 aliphatic rings. The Labute approximate surface area is 98.5 Å².